The van der Waals surface area contributed by atoms with E-state index in [0.29, 0.717) is 18.6 Å². The molecule has 3 nitrogen and oxygen atoms in total. The molecule has 23 heavy (non-hydrogen) atoms. The number of anilines is 1. The Morgan fingerprint density at radius 2 is 1.96 bits per heavy atom. The highest BCUT2D eigenvalue weighted by molar-refractivity contribution is 5.82. The molecule has 0 spiro atoms. The number of aryl methyl sites for hydroxylation is 1. The molecule has 1 fully saturated rings. The Hall–Kier alpha value is -1.58. The zero-order chi connectivity index (χ0) is 16.2. The predicted octanol–water partition coefficient (Wildman–Crippen LogP) is 3.81. The number of nitrogens with zero attached hydrogens (tertiary/aromatic N) is 1. The zero-order valence-corrected chi connectivity index (χ0v) is 14.0. The van der Waals surface area contributed by atoms with E-state index in [4.69, 9.17) is 0 Å². The third-order valence-electron chi connectivity index (χ3n) is 5.25. The molecule has 0 saturated heterocycles. The minimum absolute atomic E-state index is 0.0981. The molecule has 1 aliphatic heterocycles. The highest BCUT2D eigenvalue weighted by Crippen LogP contribution is 2.31. The third-order valence-corrected chi connectivity index (χ3v) is 5.25. The summed E-state index contributed by atoms with van der Waals surface area (Å²) in [5, 5.41) is 3.21. The van der Waals surface area contributed by atoms with Gasteiger partial charge in [-0.15, -0.1) is 0 Å². The van der Waals surface area contributed by atoms with Crippen molar-refractivity contribution in [2.24, 2.45) is 0 Å². The van der Waals surface area contributed by atoms with E-state index in [9.17, 15) is 9.18 Å². The second-order valence-corrected chi connectivity index (χ2v) is 7.04. The van der Waals surface area contributed by atoms with Gasteiger partial charge in [-0.25, -0.2) is 4.39 Å². The van der Waals surface area contributed by atoms with Crippen LogP contribution in [0.1, 0.15) is 57.4 Å². The van der Waals surface area contributed by atoms with Gasteiger partial charge in [0.2, 0.25) is 5.91 Å². The van der Waals surface area contributed by atoms with Gasteiger partial charge in [0.15, 0.2) is 0 Å². The van der Waals surface area contributed by atoms with Gasteiger partial charge >= 0.3 is 0 Å². The molecule has 0 radical (unpaired) electrons. The maximum atomic E-state index is 13.4. The molecule has 126 valence electrons. The van der Waals surface area contributed by atoms with Crippen molar-refractivity contribution in [2.75, 3.05) is 11.4 Å². The van der Waals surface area contributed by atoms with Gasteiger partial charge in [-0.1, -0.05) is 25.7 Å². The molecular weight excluding hydrogens is 291 g/mol. The van der Waals surface area contributed by atoms with Crippen LogP contribution in [0.15, 0.2) is 18.2 Å². The number of nitrogens with one attached hydrogen (secondary N) is 1. The van der Waals surface area contributed by atoms with Crippen LogP contribution < -0.4 is 10.2 Å². The summed E-state index contributed by atoms with van der Waals surface area (Å²) in [6.07, 6.45) is 9.05. The molecule has 1 N–H and O–H groups in total. The molecule has 1 atom stereocenters. The number of benzene rings is 1. The fourth-order valence-corrected chi connectivity index (χ4v) is 3.88. The Balaban J connectivity index is 1.65. The summed E-state index contributed by atoms with van der Waals surface area (Å²) in [5.74, 6) is -0.0953. The first-order valence-corrected chi connectivity index (χ1v) is 8.98. The normalized spacial score (nSPS) is 22.3. The zero-order valence-electron chi connectivity index (χ0n) is 14.0. The van der Waals surface area contributed by atoms with E-state index in [1.165, 1.54) is 31.7 Å². The summed E-state index contributed by atoms with van der Waals surface area (Å²) >= 11 is 0. The second-order valence-electron chi connectivity index (χ2n) is 7.04. The minimum Gasteiger partial charge on any atom is -0.359 e. The highest BCUT2D eigenvalue weighted by atomic mass is 19.1. The predicted molar refractivity (Wildman–Crippen MR) is 91.2 cm³/mol. The van der Waals surface area contributed by atoms with E-state index in [0.717, 1.165) is 36.9 Å². The number of carbonyl (C=O) groups is 1. The third kappa shape index (κ3) is 4.04. The molecule has 1 unspecified atom stereocenters. The van der Waals surface area contributed by atoms with E-state index in [-0.39, 0.29) is 11.7 Å². The molecule has 4 heteroatoms. The molecule has 1 aromatic rings. The van der Waals surface area contributed by atoms with Crippen LogP contribution in [0.4, 0.5) is 10.1 Å². The molecule has 1 aliphatic carbocycles. The lowest BCUT2D eigenvalue weighted by atomic mass is 9.96. The summed E-state index contributed by atoms with van der Waals surface area (Å²) < 4.78 is 13.4. The van der Waals surface area contributed by atoms with Crippen molar-refractivity contribution >= 4 is 11.6 Å². The van der Waals surface area contributed by atoms with Gasteiger partial charge in [0.25, 0.3) is 0 Å². The van der Waals surface area contributed by atoms with E-state index < -0.39 is 0 Å². The first-order valence-electron chi connectivity index (χ1n) is 8.98. The molecule has 3 rings (SSSR count). The van der Waals surface area contributed by atoms with Crippen molar-refractivity contribution in [3.05, 3.63) is 29.6 Å². The van der Waals surface area contributed by atoms with Crippen molar-refractivity contribution in [2.45, 2.75) is 70.4 Å². The summed E-state index contributed by atoms with van der Waals surface area (Å²) in [4.78, 5) is 14.6. The Morgan fingerprint density at radius 1 is 1.22 bits per heavy atom. The Kier molecular flexibility index (Phi) is 5.19. The fraction of sp³-hybridized carbons (Fsp3) is 0.632. The average molecular weight is 318 g/mol. The molecule has 0 aromatic heterocycles. The largest absolute Gasteiger partial charge is 0.359 e. The SMILES string of the molecule is CC1CCc2cc(F)ccc2N1CC(=O)NC1CCCCCC1. The fourth-order valence-electron chi connectivity index (χ4n) is 3.88. The second kappa shape index (κ2) is 7.33. The Morgan fingerprint density at radius 3 is 2.70 bits per heavy atom. The molecule has 0 bridgehead atoms. The molecule has 1 amide bonds. The van der Waals surface area contributed by atoms with E-state index in [2.05, 4.69) is 17.1 Å². The van der Waals surface area contributed by atoms with E-state index >= 15 is 0 Å². The molecule has 1 heterocycles. The van der Waals surface area contributed by atoms with Gasteiger partial charge in [0.05, 0.1) is 6.54 Å². The molecule has 2 aliphatic rings. The summed E-state index contributed by atoms with van der Waals surface area (Å²) in [6, 6.07) is 5.56. The van der Waals surface area contributed by atoms with Crippen molar-refractivity contribution in [1.82, 2.24) is 5.32 Å². The van der Waals surface area contributed by atoms with Crippen LogP contribution in [0.2, 0.25) is 0 Å². The van der Waals surface area contributed by atoms with Gasteiger partial charge in [0, 0.05) is 17.8 Å². The molecule has 1 saturated carbocycles. The van der Waals surface area contributed by atoms with Crippen LogP contribution in [0.5, 0.6) is 0 Å². The maximum Gasteiger partial charge on any atom is 0.239 e. The number of halogens is 1. The average Bonchev–Trinajstić information content (AvgIpc) is 2.79. The Labute approximate surface area is 138 Å². The summed E-state index contributed by atoms with van der Waals surface area (Å²) in [6.45, 7) is 2.52. The Bertz CT molecular complexity index is 552. The first-order chi connectivity index (χ1) is 11.1. The van der Waals surface area contributed by atoms with Crippen LogP contribution in [0.3, 0.4) is 0 Å². The summed E-state index contributed by atoms with van der Waals surface area (Å²) in [5.41, 5.74) is 2.03. The molecular formula is C19H27FN2O. The van der Waals surface area contributed by atoms with Gasteiger partial charge in [0.1, 0.15) is 5.82 Å². The number of hydrogen-bond acceptors (Lipinski definition) is 2. The van der Waals surface area contributed by atoms with Crippen molar-refractivity contribution < 1.29 is 9.18 Å². The minimum atomic E-state index is -0.193. The number of fused-ring (bicyclic) bond motifs is 1. The molecule has 1 aromatic carbocycles. The highest BCUT2D eigenvalue weighted by Gasteiger charge is 2.26. The van der Waals surface area contributed by atoms with Gasteiger partial charge in [-0.2, -0.15) is 0 Å². The van der Waals surface area contributed by atoms with Gasteiger partial charge in [-0.3, -0.25) is 4.79 Å². The number of rotatable bonds is 3. The van der Waals surface area contributed by atoms with Crippen molar-refractivity contribution in [3.63, 3.8) is 0 Å². The summed E-state index contributed by atoms with van der Waals surface area (Å²) in [7, 11) is 0. The quantitative estimate of drug-likeness (QED) is 0.860. The monoisotopic (exact) mass is 318 g/mol. The smallest absolute Gasteiger partial charge is 0.239 e. The lowest BCUT2D eigenvalue weighted by molar-refractivity contribution is -0.120. The van der Waals surface area contributed by atoms with Crippen LogP contribution >= 0.6 is 0 Å². The van der Waals surface area contributed by atoms with Crippen LogP contribution in [0, 0.1) is 5.82 Å². The van der Waals surface area contributed by atoms with E-state index in [1.807, 2.05) is 6.07 Å². The van der Waals surface area contributed by atoms with Crippen molar-refractivity contribution in [3.8, 4) is 0 Å². The first kappa shape index (κ1) is 16.3. The lowest BCUT2D eigenvalue weighted by Gasteiger charge is -2.37. The van der Waals surface area contributed by atoms with E-state index in [1.54, 1.807) is 6.07 Å². The van der Waals surface area contributed by atoms with Crippen LogP contribution in [-0.2, 0) is 11.2 Å². The van der Waals surface area contributed by atoms with Crippen molar-refractivity contribution in [1.29, 1.82) is 0 Å². The van der Waals surface area contributed by atoms with Gasteiger partial charge in [-0.05, 0) is 56.4 Å². The number of hydrogen-bond donors (Lipinski definition) is 1. The number of carbonyl (C=O) groups excluding carboxylic acids is 1. The van der Waals surface area contributed by atoms with Crippen LogP contribution in [-0.4, -0.2) is 24.5 Å². The van der Waals surface area contributed by atoms with Crippen LogP contribution in [0.25, 0.3) is 0 Å². The topological polar surface area (TPSA) is 32.3 Å². The van der Waals surface area contributed by atoms with Gasteiger partial charge < -0.3 is 10.2 Å². The maximum absolute atomic E-state index is 13.4. The standard InChI is InChI=1S/C19H27FN2O/c1-14-8-9-15-12-16(20)10-11-18(15)22(14)13-19(23)21-17-6-4-2-3-5-7-17/h10-12,14,17H,2-9,13H2,1H3,(H,21,23). The lowest BCUT2D eigenvalue weighted by Crippen LogP contribution is -2.46. The number of amides is 1.